The number of aryl methyl sites for hydroxylation is 2. The van der Waals surface area contributed by atoms with Crippen LogP contribution in [-0.2, 0) is 4.79 Å². The molecular formula is C19H21N3O2S. The molecule has 0 spiro atoms. The van der Waals surface area contributed by atoms with E-state index in [0.717, 1.165) is 21.0 Å². The van der Waals surface area contributed by atoms with E-state index in [1.807, 2.05) is 43.9 Å². The highest BCUT2D eigenvalue weighted by Crippen LogP contribution is 2.59. The lowest BCUT2D eigenvalue weighted by molar-refractivity contribution is -0.123. The van der Waals surface area contributed by atoms with Crippen molar-refractivity contribution in [2.24, 2.45) is 11.1 Å². The van der Waals surface area contributed by atoms with Gasteiger partial charge in [-0.25, -0.2) is 4.98 Å². The van der Waals surface area contributed by atoms with Crippen LogP contribution in [0.25, 0.3) is 10.4 Å². The number of piperidine rings is 1. The number of primary amides is 1. The van der Waals surface area contributed by atoms with Crippen LogP contribution < -0.4 is 5.73 Å². The smallest absolute Gasteiger partial charge is 0.274 e. The van der Waals surface area contributed by atoms with Crippen LogP contribution in [0.3, 0.4) is 0 Å². The van der Waals surface area contributed by atoms with E-state index in [1.165, 1.54) is 11.3 Å². The number of likely N-dealkylation sites (tertiary alicyclic amines) is 1. The van der Waals surface area contributed by atoms with E-state index in [1.54, 1.807) is 0 Å². The van der Waals surface area contributed by atoms with Crippen molar-refractivity contribution in [3.63, 3.8) is 0 Å². The second-order valence-corrected chi connectivity index (χ2v) is 8.49. The van der Waals surface area contributed by atoms with Crippen molar-refractivity contribution in [2.75, 3.05) is 0 Å². The molecule has 0 radical (unpaired) electrons. The maximum absolute atomic E-state index is 13.3. The lowest BCUT2D eigenvalue weighted by Gasteiger charge is -2.24. The number of nitrogens with two attached hydrogens (primary N) is 1. The molecule has 1 aliphatic carbocycles. The molecule has 2 heterocycles. The zero-order chi connectivity index (χ0) is 17.9. The molecule has 25 heavy (non-hydrogen) atoms. The quantitative estimate of drug-likeness (QED) is 0.920. The second-order valence-electron chi connectivity index (χ2n) is 7.29. The summed E-state index contributed by atoms with van der Waals surface area (Å²) < 4.78 is 0. The predicted octanol–water partition coefficient (Wildman–Crippen LogP) is 2.91. The SMILES string of the molecule is Cc1cccc(-c2sc(C)nc2C(=O)N2[C@H]3C[C@]3(C(N)=O)C[C@@H]2C)c1. The first-order valence-corrected chi connectivity index (χ1v) is 9.32. The number of benzene rings is 1. The van der Waals surface area contributed by atoms with Crippen molar-refractivity contribution in [1.82, 2.24) is 9.88 Å². The summed E-state index contributed by atoms with van der Waals surface area (Å²) in [5.41, 5.74) is 7.73. The van der Waals surface area contributed by atoms with E-state index in [9.17, 15) is 9.59 Å². The van der Waals surface area contributed by atoms with Gasteiger partial charge in [0.15, 0.2) is 0 Å². The number of aromatic nitrogens is 1. The highest BCUT2D eigenvalue weighted by molar-refractivity contribution is 7.15. The first-order chi connectivity index (χ1) is 11.8. The first-order valence-electron chi connectivity index (χ1n) is 8.50. The highest BCUT2D eigenvalue weighted by Gasteiger charge is 2.68. The Morgan fingerprint density at radius 2 is 2.08 bits per heavy atom. The van der Waals surface area contributed by atoms with Crippen LogP contribution in [0, 0.1) is 19.3 Å². The lowest BCUT2D eigenvalue weighted by atomic mass is 10.00. The van der Waals surface area contributed by atoms with E-state index < -0.39 is 5.41 Å². The van der Waals surface area contributed by atoms with Crippen LogP contribution in [0.1, 0.15) is 40.8 Å². The van der Waals surface area contributed by atoms with Crippen LogP contribution >= 0.6 is 11.3 Å². The van der Waals surface area contributed by atoms with Gasteiger partial charge in [-0.1, -0.05) is 29.8 Å². The Morgan fingerprint density at radius 1 is 1.32 bits per heavy atom. The number of carbonyl (C=O) groups excluding carboxylic acids is 2. The fourth-order valence-electron chi connectivity index (χ4n) is 4.19. The average Bonchev–Trinajstić information content (AvgIpc) is 2.98. The highest BCUT2D eigenvalue weighted by atomic mass is 32.1. The number of hydrogen-bond donors (Lipinski definition) is 1. The molecule has 2 aromatic rings. The molecule has 0 unspecified atom stereocenters. The molecule has 6 heteroatoms. The number of amides is 2. The second kappa shape index (κ2) is 5.39. The number of carbonyl (C=O) groups is 2. The maximum Gasteiger partial charge on any atom is 0.274 e. The van der Waals surface area contributed by atoms with E-state index >= 15 is 0 Å². The van der Waals surface area contributed by atoms with Crippen molar-refractivity contribution < 1.29 is 9.59 Å². The normalized spacial score (nSPS) is 27.2. The summed E-state index contributed by atoms with van der Waals surface area (Å²) in [6, 6.07) is 8.04. The average molecular weight is 355 g/mol. The van der Waals surface area contributed by atoms with E-state index in [2.05, 4.69) is 11.1 Å². The molecule has 1 aromatic carbocycles. The maximum atomic E-state index is 13.3. The fraction of sp³-hybridized carbons (Fsp3) is 0.421. The van der Waals surface area contributed by atoms with Gasteiger partial charge in [0.2, 0.25) is 5.91 Å². The Kier molecular flexibility index (Phi) is 3.51. The predicted molar refractivity (Wildman–Crippen MR) is 97.3 cm³/mol. The van der Waals surface area contributed by atoms with Crippen molar-refractivity contribution in [1.29, 1.82) is 0 Å². The summed E-state index contributed by atoms with van der Waals surface area (Å²) in [6.07, 6.45) is 1.34. The van der Waals surface area contributed by atoms with Crippen LogP contribution in [0.4, 0.5) is 0 Å². The van der Waals surface area contributed by atoms with Gasteiger partial charge in [-0.15, -0.1) is 11.3 Å². The molecule has 5 nitrogen and oxygen atoms in total. The molecular weight excluding hydrogens is 334 g/mol. The molecule has 3 atom stereocenters. The molecule has 2 fully saturated rings. The summed E-state index contributed by atoms with van der Waals surface area (Å²) in [4.78, 5) is 32.3. The van der Waals surface area contributed by atoms with Gasteiger partial charge in [-0.05, 0) is 39.2 Å². The van der Waals surface area contributed by atoms with Crippen LogP contribution in [0.15, 0.2) is 24.3 Å². The van der Waals surface area contributed by atoms with Gasteiger partial charge < -0.3 is 10.6 Å². The minimum Gasteiger partial charge on any atom is -0.369 e. The van der Waals surface area contributed by atoms with Gasteiger partial charge in [0, 0.05) is 12.1 Å². The van der Waals surface area contributed by atoms with Gasteiger partial charge in [-0.3, -0.25) is 9.59 Å². The summed E-state index contributed by atoms with van der Waals surface area (Å²) in [5.74, 6) is -0.369. The Bertz CT molecular complexity index is 891. The third kappa shape index (κ3) is 2.39. The molecule has 0 bridgehead atoms. The largest absolute Gasteiger partial charge is 0.369 e. The van der Waals surface area contributed by atoms with Crippen LogP contribution in [-0.4, -0.2) is 33.8 Å². The van der Waals surface area contributed by atoms with E-state index in [4.69, 9.17) is 5.73 Å². The molecule has 1 saturated heterocycles. The number of fused-ring (bicyclic) bond motifs is 1. The van der Waals surface area contributed by atoms with Crippen LogP contribution in [0.2, 0.25) is 0 Å². The Balaban J connectivity index is 1.72. The van der Waals surface area contributed by atoms with Crippen molar-refractivity contribution in [2.45, 2.75) is 45.7 Å². The van der Waals surface area contributed by atoms with Gasteiger partial charge >= 0.3 is 0 Å². The number of hydrogen-bond acceptors (Lipinski definition) is 4. The Morgan fingerprint density at radius 3 is 2.72 bits per heavy atom. The zero-order valence-electron chi connectivity index (χ0n) is 14.6. The van der Waals surface area contributed by atoms with Gasteiger partial charge in [-0.2, -0.15) is 0 Å². The third-order valence-electron chi connectivity index (χ3n) is 5.45. The van der Waals surface area contributed by atoms with Gasteiger partial charge in [0.25, 0.3) is 5.91 Å². The molecule has 1 aliphatic heterocycles. The monoisotopic (exact) mass is 355 g/mol. The minimum absolute atomic E-state index is 0.00566. The van der Waals surface area contributed by atoms with E-state index in [0.29, 0.717) is 18.5 Å². The molecule has 130 valence electrons. The summed E-state index contributed by atoms with van der Waals surface area (Å²) >= 11 is 1.53. The standard InChI is InChI=1S/C19H21N3O2S/c1-10-5-4-6-13(7-10)16-15(21-12(3)25-16)17(23)22-11(2)8-19(18(20)24)9-14(19)22/h4-7,11,14H,8-9H2,1-3H3,(H2,20,24)/t11-,14-,19+/m0/s1. The fourth-order valence-corrected chi connectivity index (χ4v) is 5.09. The summed E-state index contributed by atoms with van der Waals surface area (Å²) in [7, 11) is 0. The molecule has 4 rings (SSSR count). The Labute approximate surface area is 150 Å². The minimum atomic E-state index is -0.510. The van der Waals surface area contributed by atoms with Crippen molar-refractivity contribution in [3.8, 4) is 10.4 Å². The molecule has 1 aromatic heterocycles. The van der Waals surface area contributed by atoms with Crippen molar-refractivity contribution >= 4 is 23.2 Å². The molecule has 1 saturated carbocycles. The van der Waals surface area contributed by atoms with Gasteiger partial charge in [0.1, 0.15) is 5.69 Å². The topological polar surface area (TPSA) is 76.3 Å². The molecule has 2 N–H and O–H groups in total. The Hall–Kier alpha value is -2.21. The number of thiazole rings is 1. The third-order valence-corrected chi connectivity index (χ3v) is 6.47. The lowest BCUT2D eigenvalue weighted by Crippen LogP contribution is -2.37. The first kappa shape index (κ1) is 16.3. The zero-order valence-corrected chi connectivity index (χ0v) is 15.4. The summed E-state index contributed by atoms with van der Waals surface area (Å²) in [6.45, 7) is 5.94. The number of rotatable bonds is 3. The molecule has 2 aliphatic rings. The van der Waals surface area contributed by atoms with Gasteiger partial charge in [0.05, 0.1) is 15.3 Å². The van der Waals surface area contributed by atoms with E-state index in [-0.39, 0.29) is 23.9 Å². The summed E-state index contributed by atoms with van der Waals surface area (Å²) in [5, 5.41) is 0.865. The molecule has 2 amide bonds. The van der Waals surface area contributed by atoms with Crippen molar-refractivity contribution in [3.05, 3.63) is 40.5 Å². The van der Waals surface area contributed by atoms with Crippen LogP contribution in [0.5, 0.6) is 0 Å². The number of nitrogens with zero attached hydrogens (tertiary/aromatic N) is 2.